The molecule has 0 spiro atoms. The second-order valence-corrected chi connectivity index (χ2v) is 7.96. The molecule has 0 fully saturated rings. The Bertz CT molecular complexity index is 1050. The molecule has 25 heavy (non-hydrogen) atoms. The fourth-order valence-electron chi connectivity index (χ4n) is 3.67. The lowest BCUT2D eigenvalue weighted by Gasteiger charge is -2.05. The predicted octanol–water partition coefficient (Wildman–Crippen LogP) is 5.88. The van der Waals surface area contributed by atoms with E-state index in [4.69, 9.17) is 0 Å². The van der Waals surface area contributed by atoms with Gasteiger partial charge in [-0.3, -0.25) is 0 Å². The lowest BCUT2D eigenvalue weighted by molar-refractivity contribution is 0.815. The van der Waals surface area contributed by atoms with E-state index in [0.29, 0.717) is 0 Å². The average Bonchev–Trinajstić information content (AvgIpc) is 3.11. The van der Waals surface area contributed by atoms with Crippen LogP contribution in [0.2, 0.25) is 0 Å². The van der Waals surface area contributed by atoms with E-state index in [9.17, 15) is 0 Å². The molecule has 2 aromatic carbocycles. The van der Waals surface area contributed by atoms with Gasteiger partial charge in [-0.1, -0.05) is 18.2 Å². The Morgan fingerprint density at radius 3 is 2.48 bits per heavy atom. The van der Waals surface area contributed by atoms with Gasteiger partial charge in [0, 0.05) is 44.6 Å². The van der Waals surface area contributed by atoms with Gasteiger partial charge >= 0.3 is 0 Å². The number of hydrogen-bond acceptors (Lipinski definition) is 2. The van der Waals surface area contributed by atoms with Crippen molar-refractivity contribution in [3.63, 3.8) is 0 Å². The average molecular weight is 349 g/mol. The highest BCUT2D eigenvalue weighted by atomic mass is 32.1. The Balaban J connectivity index is 1.96. The van der Waals surface area contributed by atoms with Crippen LogP contribution in [0.3, 0.4) is 0 Å². The summed E-state index contributed by atoms with van der Waals surface area (Å²) >= 11 is 1.89. The molecule has 0 saturated heterocycles. The minimum absolute atomic E-state index is 0.903. The number of nitrogens with zero attached hydrogens (tertiary/aromatic N) is 1. The van der Waals surface area contributed by atoms with Crippen molar-refractivity contribution in [1.29, 1.82) is 0 Å². The third-order valence-electron chi connectivity index (χ3n) is 5.08. The van der Waals surface area contributed by atoms with Crippen molar-refractivity contribution in [3.8, 4) is 10.4 Å². The smallest absolute Gasteiger partial charge is 0.0497 e. The fraction of sp³-hybridized carbons (Fsp3) is 0.273. The number of fused-ring (bicyclic) bond motifs is 3. The van der Waals surface area contributed by atoms with Gasteiger partial charge in [-0.15, -0.1) is 11.3 Å². The van der Waals surface area contributed by atoms with E-state index in [2.05, 4.69) is 73.1 Å². The second-order valence-electron chi connectivity index (χ2n) is 6.71. The van der Waals surface area contributed by atoms with Crippen LogP contribution in [-0.4, -0.2) is 11.6 Å². The van der Waals surface area contributed by atoms with Gasteiger partial charge < -0.3 is 9.88 Å². The van der Waals surface area contributed by atoms with E-state index in [0.717, 1.165) is 13.1 Å². The molecule has 3 heteroatoms. The Morgan fingerprint density at radius 1 is 0.960 bits per heavy atom. The van der Waals surface area contributed by atoms with Gasteiger partial charge in [0.05, 0.1) is 0 Å². The summed E-state index contributed by atoms with van der Waals surface area (Å²) in [5.41, 5.74) is 6.70. The van der Waals surface area contributed by atoms with Crippen molar-refractivity contribution in [2.24, 2.45) is 0 Å². The van der Waals surface area contributed by atoms with Crippen LogP contribution in [0.25, 0.3) is 32.2 Å². The van der Waals surface area contributed by atoms with Crippen LogP contribution in [-0.2, 0) is 13.1 Å². The molecule has 0 unspecified atom stereocenters. The molecule has 0 aliphatic carbocycles. The summed E-state index contributed by atoms with van der Waals surface area (Å²) in [6.07, 6.45) is 0. The summed E-state index contributed by atoms with van der Waals surface area (Å²) < 4.78 is 2.44. The number of aryl methyl sites for hydroxylation is 3. The molecule has 0 aliphatic heterocycles. The Hall–Kier alpha value is -2.10. The number of thiophene rings is 1. The third-order valence-corrected chi connectivity index (χ3v) is 6.28. The quantitative estimate of drug-likeness (QED) is 0.487. The van der Waals surface area contributed by atoms with Crippen molar-refractivity contribution in [3.05, 3.63) is 58.5 Å². The molecule has 2 heterocycles. The van der Waals surface area contributed by atoms with Crippen molar-refractivity contribution >= 4 is 33.1 Å². The molecule has 0 radical (unpaired) electrons. The summed E-state index contributed by atoms with van der Waals surface area (Å²) in [6.45, 7) is 8.51. The van der Waals surface area contributed by atoms with Gasteiger partial charge in [0.25, 0.3) is 0 Å². The monoisotopic (exact) mass is 348 g/mol. The molecule has 2 nitrogen and oxygen atoms in total. The maximum atomic E-state index is 3.25. The molecular formula is C22H24N2S. The summed E-state index contributed by atoms with van der Waals surface area (Å²) in [5.74, 6) is 0. The van der Waals surface area contributed by atoms with Gasteiger partial charge in [0.1, 0.15) is 0 Å². The van der Waals surface area contributed by atoms with Crippen LogP contribution < -0.4 is 5.32 Å². The molecule has 0 bridgehead atoms. The zero-order valence-electron chi connectivity index (χ0n) is 15.3. The maximum Gasteiger partial charge on any atom is 0.0497 e. The van der Waals surface area contributed by atoms with Gasteiger partial charge in [0.15, 0.2) is 0 Å². The van der Waals surface area contributed by atoms with Gasteiger partial charge in [0.2, 0.25) is 0 Å². The molecule has 0 saturated carbocycles. The van der Waals surface area contributed by atoms with E-state index in [1.807, 2.05) is 18.4 Å². The van der Waals surface area contributed by atoms with Crippen LogP contribution in [0.1, 0.15) is 22.9 Å². The van der Waals surface area contributed by atoms with E-state index >= 15 is 0 Å². The topological polar surface area (TPSA) is 17.0 Å². The fourth-order valence-corrected chi connectivity index (χ4v) is 4.70. The van der Waals surface area contributed by atoms with E-state index < -0.39 is 0 Å². The molecule has 4 rings (SSSR count). The van der Waals surface area contributed by atoms with Gasteiger partial charge in [-0.25, -0.2) is 0 Å². The SMILES string of the molecule is CCn1c2ccc(CNC)cc2c2ccc(-c3cc(C)c(C)s3)cc21. The van der Waals surface area contributed by atoms with Crippen molar-refractivity contribution in [1.82, 2.24) is 9.88 Å². The number of nitrogens with one attached hydrogen (secondary N) is 1. The zero-order valence-corrected chi connectivity index (χ0v) is 16.1. The van der Waals surface area contributed by atoms with Crippen molar-refractivity contribution in [2.45, 2.75) is 33.9 Å². The first-order chi connectivity index (χ1) is 12.1. The third kappa shape index (κ3) is 2.68. The normalized spacial score (nSPS) is 11.7. The first-order valence-electron chi connectivity index (χ1n) is 8.89. The standard InChI is InChI=1S/C22H24N2S/c1-5-24-20-9-6-16(13-23-4)11-19(20)18-8-7-17(12-21(18)24)22-10-14(2)15(3)25-22/h6-12,23H,5,13H2,1-4H3. The number of hydrogen-bond donors (Lipinski definition) is 1. The molecule has 2 aromatic heterocycles. The lowest BCUT2D eigenvalue weighted by atomic mass is 10.1. The summed E-state index contributed by atoms with van der Waals surface area (Å²) in [4.78, 5) is 2.77. The largest absolute Gasteiger partial charge is 0.341 e. The minimum Gasteiger partial charge on any atom is -0.341 e. The first kappa shape index (κ1) is 16.4. The van der Waals surface area contributed by atoms with Crippen LogP contribution in [0.4, 0.5) is 0 Å². The molecule has 4 aromatic rings. The summed E-state index contributed by atoms with van der Waals surface area (Å²) in [5, 5.41) is 5.96. The Morgan fingerprint density at radius 2 is 1.80 bits per heavy atom. The van der Waals surface area contributed by atoms with E-state index in [-0.39, 0.29) is 0 Å². The first-order valence-corrected chi connectivity index (χ1v) is 9.71. The predicted molar refractivity (Wildman–Crippen MR) is 111 cm³/mol. The Labute approximate surface area is 153 Å². The van der Waals surface area contributed by atoms with Crippen molar-refractivity contribution < 1.29 is 0 Å². The molecule has 1 N–H and O–H groups in total. The van der Waals surface area contributed by atoms with Crippen molar-refractivity contribution in [2.75, 3.05) is 7.05 Å². The van der Waals surface area contributed by atoms with Crippen LogP contribution >= 0.6 is 11.3 Å². The molecule has 0 aliphatic rings. The highest BCUT2D eigenvalue weighted by molar-refractivity contribution is 7.15. The number of benzene rings is 2. The Kier molecular flexibility index (Phi) is 4.14. The van der Waals surface area contributed by atoms with Crippen LogP contribution in [0.5, 0.6) is 0 Å². The second kappa shape index (κ2) is 6.32. The summed E-state index contributed by atoms with van der Waals surface area (Å²) in [7, 11) is 2.00. The zero-order chi connectivity index (χ0) is 17.6. The maximum absolute atomic E-state index is 3.25. The van der Waals surface area contributed by atoms with Crippen LogP contribution in [0.15, 0.2) is 42.5 Å². The van der Waals surface area contributed by atoms with Gasteiger partial charge in [-0.05, 0) is 68.8 Å². The summed E-state index contributed by atoms with van der Waals surface area (Å²) in [6, 6.07) is 16.1. The highest BCUT2D eigenvalue weighted by Crippen LogP contribution is 2.36. The number of aromatic nitrogens is 1. The molecular weight excluding hydrogens is 324 g/mol. The number of rotatable bonds is 4. The molecule has 0 atom stereocenters. The van der Waals surface area contributed by atoms with E-state index in [1.54, 1.807) is 0 Å². The molecule has 0 amide bonds. The highest BCUT2D eigenvalue weighted by Gasteiger charge is 2.12. The minimum atomic E-state index is 0.903. The van der Waals surface area contributed by atoms with Gasteiger partial charge in [-0.2, -0.15) is 0 Å². The lowest BCUT2D eigenvalue weighted by Crippen LogP contribution is -2.04. The van der Waals surface area contributed by atoms with Crippen LogP contribution in [0, 0.1) is 13.8 Å². The van der Waals surface area contributed by atoms with E-state index in [1.165, 1.54) is 48.3 Å². The molecule has 128 valence electrons.